The van der Waals surface area contributed by atoms with E-state index < -0.39 is 0 Å². The van der Waals surface area contributed by atoms with Crippen molar-refractivity contribution in [2.75, 3.05) is 18.5 Å². The van der Waals surface area contributed by atoms with Crippen LogP contribution < -0.4 is 15.4 Å². The van der Waals surface area contributed by atoms with Crippen molar-refractivity contribution in [2.45, 2.75) is 13.8 Å². The Balaban J connectivity index is 1.74. The molecular formula is C17H19BrN2O2. The normalized spacial score (nSPS) is 10.1. The molecular weight excluding hydrogens is 344 g/mol. The number of urea groups is 1. The Morgan fingerprint density at radius 1 is 1.18 bits per heavy atom. The van der Waals surface area contributed by atoms with Gasteiger partial charge in [-0.25, -0.2) is 4.79 Å². The summed E-state index contributed by atoms with van der Waals surface area (Å²) in [6.07, 6.45) is 0. The zero-order chi connectivity index (χ0) is 15.9. The molecule has 0 fully saturated rings. The first kappa shape index (κ1) is 16.4. The molecule has 2 aromatic carbocycles. The largest absolute Gasteiger partial charge is 0.491 e. The lowest BCUT2D eigenvalue weighted by atomic mass is 10.1. The van der Waals surface area contributed by atoms with Crippen LogP contribution in [0, 0.1) is 13.8 Å². The van der Waals surface area contributed by atoms with E-state index in [2.05, 4.69) is 32.6 Å². The average molecular weight is 363 g/mol. The quantitative estimate of drug-likeness (QED) is 0.780. The molecule has 0 aliphatic carbocycles. The third-order valence-electron chi connectivity index (χ3n) is 3.10. The van der Waals surface area contributed by atoms with Crippen molar-refractivity contribution in [1.29, 1.82) is 0 Å². The van der Waals surface area contributed by atoms with Gasteiger partial charge in [-0.05, 0) is 53.5 Å². The van der Waals surface area contributed by atoms with E-state index >= 15 is 0 Å². The highest BCUT2D eigenvalue weighted by molar-refractivity contribution is 9.10. The molecule has 0 aliphatic heterocycles. The highest BCUT2D eigenvalue weighted by Crippen LogP contribution is 2.21. The minimum atomic E-state index is -0.254. The monoisotopic (exact) mass is 362 g/mol. The SMILES string of the molecule is Cc1ccc(OCCNC(=O)Nc2ccccc2Br)c(C)c1. The topological polar surface area (TPSA) is 50.4 Å². The lowest BCUT2D eigenvalue weighted by molar-refractivity contribution is 0.247. The Morgan fingerprint density at radius 2 is 1.95 bits per heavy atom. The molecule has 0 unspecified atom stereocenters. The number of halogens is 1. The Labute approximate surface area is 139 Å². The van der Waals surface area contributed by atoms with Crippen LogP contribution in [-0.4, -0.2) is 19.2 Å². The van der Waals surface area contributed by atoms with Gasteiger partial charge in [-0.3, -0.25) is 0 Å². The summed E-state index contributed by atoms with van der Waals surface area (Å²) in [5, 5.41) is 5.54. The van der Waals surface area contributed by atoms with E-state index in [0.717, 1.165) is 21.5 Å². The van der Waals surface area contributed by atoms with Gasteiger partial charge in [0.15, 0.2) is 0 Å². The molecule has 0 heterocycles. The van der Waals surface area contributed by atoms with Crippen molar-refractivity contribution in [3.05, 3.63) is 58.1 Å². The summed E-state index contributed by atoms with van der Waals surface area (Å²) >= 11 is 3.38. The van der Waals surface area contributed by atoms with Gasteiger partial charge in [0.25, 0.3) is 0 Å². The fraction of sp³-hybridized carbons (Fsp3) is 0.235. The predicted octanol–water partition coefficient (Wildman–Crippen LogP) is 4.27. The molecule has 116 valence electrons. The first-order chi connectivity index (χ1) is 10.6. The predicted molar refractivity (Wildman–Crippen MR) is 92.6 cm³/mol. The number of hydrogen-bond donors (Lipinski definition) is 2. The molecule has 0 saturated heterocycles. The van der Waals surface area contributed by atoms with Crippen LogP contribution in [-0.2, 0) is 0 Å². The van der Waals surface area contributed by atoms with Crippen LogP contribution in [0.4, 0.5) is 10.5 Å². The minimum Gasteiger partial charge on any atom is -0.491 e. The summed E-state index contributed by atoms with van der Waals surface area (Å²) in [5.74, 6) is 0.846. The molecule has 2 aromatic rings. The van der Waals surface area contributed by atoms with Gasteiger partial charge in [-0.15, -0.1) is 0 Å². The lowest BCUT2D eigenvalue weighted by Crippen LogP contribution is -2.32. The van der Waals surface area contributed by atoms with Crippen molar-refractivity contribution in [2.24, 2.45) is 0 Å². The van der Waals surface area contributed by atoms with Crippen molar-refractivity contribution in [3.63, 3.8) is 0 Å². The fourth-order valence-electron chi connectivity index (χ4n) is 2.02. The third-order valence-corrected chi connectivity index (χ3v) is 3.79. The first-order valence-electron chi connectivity index (χ1n) is 7.05. The number of aryl methyl sites for hydroxylation is 2. The van der Waals surface area contributed by atoms with E-state index in [1.54, 1.807) is 0 Å². The Bertz CT molecular complexity index is 659. The summed E-state index contributed by atoms with van der Waals surface area (Å²) < 4.78 is 6.51. The number of anilines is 1. The number of para-hydroxylation sites is 1. The molecule has 2 amide bonds. The zero-order valence-electron chi connectivity index (χ0n) is 12.7. The van der Waals surface area contributed by atoms with E-state index in [4.69, 9.17) is 4.74 Å². The average Bonchev–Trinajstić information content (AvgIpc) is 2.48. The van der Waals surface area contributed by atoms with Crippen LogP contribution in [0.15, 0.2) is 46.9 Å². The molecule has 0 radical (unpaired) electrons. The Hall–Kier alpha value is -2.01. The number of hydrogen-bond acceptors (Lipinski definition) is 2. The summed E-state index contributed by atoms with van der Waals surface area (Å²) in [6.45, 7) is 4.91. The number of amides is 2. The molecule has 0 spiro atoms. The highest BCUT2D eigenvalue weighted by atomic mass is 79.9. The van der Waals surface area contributed by atoms with Crippen LogP contribution >= 0.6 is 15.9 Å². The van der Waals surface area contributed by atoms with E-state index in [9.17, 15) is 4.79 Å². The maximum Gasteiger partial charge on any atom is 0.319 e. The van der Waals surface area contributed by atoms with Crippen LogP contribution in [0.25, 0.3) is 0 Å². The highest BCUT2D eigenvalue weighted by Gasteiger charge is 2.04. The number of carbonyl (C=O) groups is 1. The minimum absolute atomic E-state index is 0.254. The van der Waals surface area contributed by atoms with Crippen LogP contribution in [0.3, 0.4) is 0 Å². The second-order valence-electron chi connectivity index (χ2n) is 4.98. The standard InChI is InChI=1S/C17H19BrN2O2/c1-12-7-8-16(13(2)11-12)22-10-9-19-17(21)20-15-6-4-3-5-14(15)18/h3-8,11H,9-10H2,1-2H3,(H2,19,20,21). The van der Waals surface area contributed by atoms with Gasteiger partial charge < -0.3 is 15.4 Å². The lowest BCUT2D eigenvalue weighted by Gasteiger charge is -2.11. The van der Waals surface area contributed by atoms with Crippen molar-refractivity contribution in [1.82, 2.24) is 5.32 Å². The summed E-state index contributed by atoms with van der Waals surface area (Å²) in [7, 11) is 0. The van der Waals surface area contributed by atoms with Crippen LogP contribution in [0.2, 0.25) is 0 Å². The molecule has 2 N–H and O–H groups in total. The number of carbonyl (C=O) groups excluding carboxylic acids is 1. The summed E-state index contributed by atoms with van der Waals surface area (Å²) in [5.41, 5.74) is 3.03. The molecule has 0 atom stereocenters. The van der Waals surface area contributed by atoms with Gasteiger partial charge in [0, 0.05) is 4.47 Å². The van der Waals surface area contributed by atoms with Gasteiger partial charge in [-0.2, -0.15) is 0 Å². The molecule has 0 saturated carbocycles. The number of nitrogens with one attached hydrogen (secondary N) is 2. The van der Waals surface area contributed by atoms with E-state index in [1.807, 2.05) is 50.2 Å². The van der Waals surface area contributed by atoms with Gasteiger partial charge >= 0.3 is 6.03 Å². The molecule has 0 bridgehead atoms. The molecule has 5 heteroatoms. The molecule has 0 aliphatic rings. The Morgan fingerprint density at radius 3 is 2.68 bits per heavy atom. The van der Waals surface area contributed by atoms with Crippen molar-refractivity contribution < 1.29 is 9.53 Å². The number of benzene rings is 2. The molecule has 0 aromatic heterocycles. The zero-order valence-corrected chi connectivity index (χ0v) is 14.2. The van der Waals surface area contributed by atoms with E-state index in [1.165, 1.54) is 5.56 Å². The number of ether oxygens (including phenoxy) is 1. The number of rotatable bonds is 5. The molecule has 4 nitrogen and oxygen atoms in total. The second kappa shape index (κ2) is 7.84. The van der Waals surface area contributed by atoms with Gasteiger partial charge in [0.2, 0.25) is 0 Å². The molecule has 22 heavy (non-hydrogen) atoms. The molecule has 2 rings (SSSR count). The van der Waals surface area contributed by atoms with Crippen molar-refractivity contribution >= 4 is 27.6 Å². The van der Waals surface area contributed by atoms with Gasteiger partial charge in [-0.1, -0.05) is 29.8 Å². The van der Waals surface area contributed by atoms with E-state index in [-0.39, 0.29) is 6.03 Å². The smallest absolute Gasteiger partial charge is 0.319 e. The van der Waals surface area contributed by atoms with Gasteiger partial charge in [0.05, 0.1) is 12.2 Å². The maximum absolute atomic E-state index is 11.8. The van der Waals surface area contributed by atoms with Crippen LogP contribution in [0.1, 0.15) is 11.1 Å². The van der Waals surface area contributed by atoms with Crippen LogP contribution in [0.5, 0.6) is 5.75 Å². The van der Waals surface area contributed by atoms with Crippen molar-refractivity contribution in [3.8, 4) is 5.75 Å². The first-order valence-corrected chi connectivity index (χ1v) is 7.85. The summed E-state index contributed by atoms with van der Waals surface area (Å²) in [4.78, 5) is 11.8. The summed E-state index contributed by atoms with van der Waals surface area (Å²) in [6, 6.07) is 13.2. The maximum atomic E-state index is 11.8. The fourth-order valence-corrected chi connectivity index (χ4v) is 2.40. The van der Waals surface area contributed by atoms with E-state index in [0.29, 0.717) is 13.2 Å². The Kier molecular flexibility index (Phi) is 5.83. The van der Waals surface area contributed by atoms with Gasteiger partial charge in [0.1, 0.15) is 12.4 Å². The third kappa shape index (κ3) is 4.77. The second-order valence-corrected chi connectivity index (χ2v) is 5.83.